The van der Waals surface area contributed by atoms with Gasteiger partial charge in [-0.15, -0.1) is 5.10 Å². The lowest BCUT2D eigenvalue weighted by atomic mass is 9.91. The fourth-order valence-electron chi connectivity index (χ4n) is 1.96. The van der Waals surface area contributed by atoms with Gasteiger partial charge in [0.1, 0.15) is 10.4 Å². The van der Waals surface area contributed by atoms with Crippen molar-refractivity contribution in [2.24, 2.45) is 0 Å². The Kier molecular flexibility index (Phi) is 2.82. The summed E-state index contributed by atoms with van der Waals surface area (Å²) >= 11 is 1.18. The number of hydrogen-bond donors (Lipinski definition) is 1. The maximum atomic E-state index is 13.7. The van der Waals surface area contributed by atoms with Crippen LogP contribution in [0.2, 0.25) is 0 Å². The van der Waals surface area contributed by atoms with E-state index in [9.17, 15) is 8.78 Å². The Morgan fingerprint density at radius 2 is 1.95 bits per heavy atom. The molecule has 7 heteroatoms. The van der Waals surface area contributed by atoms with Crippen molar-refractivity contribution in [2.75, 3.05) is 0 Å². The lowest BCUT2D eigenvalue weighted by molar-refractivity contribution is 0.515. The first kappa shape index (κ1) is 13.1. The van der Waals surface area contributed by atoms with Gasteiger partial charge in [0.25, 0.3) is 0 Å². The number of nitrogens with one attached hydrogen (secondary N) is 1. The molecule has 0 bridgehead atoms. The van der Waals surface area contributed by atoms with Gasteiger partial charge >= 0.3 is 0 Å². The molecular formula is C13H12F2N4S. The van der Waals surface area contributed by atoms with E-state index < -0.39 is 11.6 Å². The molecular weight excluding hydrogens is 282 g/mol. The predicted molar refractivity (Wildman–Crippen MR) is 73.6 cm³/mol. The smallest absolute Gasteiger partial charge is 0.186 e. The Morgan fingerprint density at radius 1 is 1.20 bits per heavy atom. The third-order valence-corrected chi connectivity index (χ3v) is 3.69. The number of fused-ring (bicyclic) bond motifs is 1. The number of aromatic nitrogens is 4. The second kappa shape index (κ2) is 4.31. The zero-order valence-electron chi connectivity index (χ0n) is 11.2. The molecule has 0 saturated heterocycles. The predicted octanol–water partition coefficient (Wildman–Crippen LogP) is 3.66. The highest BCUT2D eigenvalue weighted by Gasteiger charge is 2.25. The van der Waals surface area contributed by atoms with Gasteiger partial charge in [-0.1, -0.05) is 25.3 Å². The maximum Gasteiger partial charge on any atom is 0.186 e. The molecule has 1 aromatic carbocycles. The van der Waals surface area contributed by atoms with E-state index in [1.165, 1.54) is 17.6 Å². The molecule has 0 atom stereocenters. The maximum absolute atomic E-state index is 13.7. The van der Waals surface area contributed by atoms with E-state index >= 15 is 0 Å². The number of halogens is 2. The molecule has 104 valence electrons. The van der Waals surface area contributed by atoms with Crippen molar-refractivity contribution < 1.29 is 8.78 Å². The van der Waals surface area contributed by atoms with Gasteiger partial charge < -0.3 is 4.98 Å². The molecule has 0 saturated carbocycles. The highest BCUT2D eigenvalue weighted by Crippen LogP contribution is 2.33. The fourth-order valence-corrected chi connectivity index (χ4v) is 2.78. The number of imidazole rings is 1. The van der Waals surface area contributed by atoms with Gasteiger partial charge in [-0.3, -0.25) is 0 Å². The molecule has 4 nitrogen and oxygen atoms in total. The van der Waals surface area contributed by atoms with Gasteiger partial charge in [0, 0.05) is 5.41 Å². The molecule has 3 aromatic rings. The minimum Gasteiger partial charge on any atom is -0.337 e. The van der Waals surface area contributed by atoms with E-state index in [2.05, 4.69) is 19.6 Å². The highest BCUT2D eigenvalue weighted by molar-refractivity contribution is 7.09. The first-order valence-corrected chi connectivity index (χ1v) is 6.82. The van der Waals surface area contributed by atoms with Gasteiger partial charge in [0.05, 0.1) is 11.2 Å². The average Bonchev–Trinajstić information content (AvgIpc) is 2.98. The third kappa shape index (κ3) is 1.98. The Hall–Kier alpha value is -1.89. The molecule has 2 aromatic heterocycles. The SMILES string of the molecule is CC(C)(C)c1nnsc1-c1nc2c(F)c(F)ccc2[nH]1. The first-order chi connectivity index (χ1) is 9.38. The first-order valence-electron chi connectivity index (χ1n) is 6.05. The topological polar surface area (TPSA) is 54.5 Å². The van der Waals surface area contributed by atoms with Crippen LogP contribution in [0.5, 0.6) is 0 Å². The molecule has 20 heavy (non-hydrogen) atoms. The monoisotopic (exact) mass is 294 g/mol. The van der Waals surface area contributed by atoms with Gasteiger partial charge in [0.15, 0.2) is 17.5 Å². The van der Waals surface area contributed by atoms with Gasteiger partial charge in [-0.05, 0) is 23.7 Å². The van der Waals surface area contributed by atoms with Crippen LogP contribution in [0.1, 0.15) is 26.5 Å². The lowest BCUT2D eigenvalue weighted by Crippen LogP contribution is -2.13. The lowest BCUT2D eigenvalue weighted by Gasteiger charge is -2.15. The number of hydrogen-bond acceptors (Lipinski definition) is 4. The highest BCUT2D eigenvalue weighted by atomic mass is 32.1. The summed E-state index contributed by atoms with van der Waals surface area (Å²) in [7, 11) is 0. The van der Waals surface area contributed by atoms with E-state index in [0.717, 1.165) is 16.6 Å². The van der Waals surface area contributed by atoms with Gasteiger partial charge in [-0.25, -0.2) is 13.8 Å². The number of nitrogens with zero attached hydrogens (tertiary/aromatic N) is 3. The normalized spacial score (nSPS) is 12.2. The van der Waals surface area contributed by atoms with E-state index in [-0.39, 0.29) is 10.9 Å². The molecule has 0 radical (unpaired) electrons. The zero-order valence-corrected chi connectivity index (χ0v) is 12.0. The average molecular weight is 294 g/mol. The van der Waals surface area contributed by atoms with E-state index in [0.29, 0.717) is 11.3 Å². The molecule has 0 spiro atoms. The number of rotatable bonds is 1. The minimum atomic E-state index is -0.945. The number of H-pyrrole nitrogens is 1. The Morgan fingerprint density at radius 3 is 2.65 bits per heavy atom. The zero-order chi connectivity index (χ0) is 14.5. The summed E-state index contributed by atoms with van der Waals surface area (Å²) in [6, 6.07) is 2.55. The molecule has 2 heterocycles. The summed E-state index contributed by atoms with van der Waals surface area (Å²) < 4.78 is 30.9. The van der Waals surface area contributed by atoms with Crippen LogP contribution in [0.25, 0.3) is 21.7 Å². The Labute approximate surface area is 118 Å². The van der Waals surface area contributed by atoms with E-state index in [4.69, 9.17) is 0 Å². The van der Waals surface area contributed by atoms with Crippen molar-refractivity contribution >= 4 is 22.6 Å². The van der Waals surface area contributed by atoms with E-state index in [1.54, 1.807) is 0 Å². The van der Waals surface area contributed by atoms with E-state index in [1.807, 2.05) is 20.8 Å². The van der Waals surface area contributed by atoms with Crippen molar-refractivity contribution in [3.8, 4) is 10.7 Å². The van der Waals surface area contributed by atoms with Crippen molar-refractivity contribution in [1.29, 1.82) is 0 Å². The minimum absolute atomic E-state index is 0.00624. The summed E-state index contributed by atoms with van der Waals surface area (Å²) in [5, 5.41) is 4.11. The standard InChI is InChI=1S/C13H12F2N4S/c1-13(2,3)11-10(20-19-18-11)12-16-7-5-4-6(14)8(15)9(7)17-12/h4-5H,1-3H3,(H,16,17). The molecule has 3 rings (SSSR count). The number of benzene rings is 1. The van der Waals surface area contributed by atoms with Crippen LogP contribution in [0.15, 0.2) is 12.1 Å². The van der Waals surface area contributed by atoms with Gasteiger partial charge in [0.2, 0.25) is 0 Å². The Balaban J connectivity index is 2.22. The second-order valence-corrected chi connectivity index (χ2v) is 6.30. The van der Waals surface area contributed by atoms with Crippen LogP contribution < -0.4 is 0 Å². The molecule has 0 unspecified atom stereocenters. The summed E-state index contributed by atoms with van der Waals surface area (Å²) in [6.07, 6.45) is 0. The largest absolute Gasteiger partial charge is 0.337 e. The summed E-state index contributed by atoms with van der Waals surface area (Å²) in [4.78, 5) is 7.88. The third-order valence-electron chi connectivity index (χ3n) is 2.96. The van der Waals surface area contributed by atoms with Crippen LogP contribution in [0, 0.1) is 11.6 Å². The van der Waals surface area contributed by atoms with Crippen LogP contribution >= 0.6 is 11.5 Å². The van der Waals surface area contributed by atoms with Crippen molar-refractivity contribution in [1.82, 2.24) is 19.6 Å². The van der Waals surface area contributed by atoms with Crippen LogP contribution in [0.3, 0.4) is 0 Å². The molecule has 0 aliphatic rings. The van der Waals surface area contributed by atoms with Gasteiger partial charge in [-0.2, -0.15) is 0 Å². The molecule has 0 amide bonds. The summed E-state index contributed by atoms with van der Waals surface area (Å²) in [5.41, 5.74) is 1.02. The molecule has 1 N–H and O–H groups in total. The van der Waals surface area contributed by atoms with Crippen molar-refractivity contribution in [3.05, 3.63) is 29.5 Å². The quantitative estimate of drug-likeness (QED) is 0.745. The molecule has 0 aliphatic heterocycles. The fraction of sp³-hybridized carbons (Fsp3) is 0.308. The van der Waals surface area contributed by atoms with Crippen LogP contribution in [-0.4, -0.2) is 19.6 Å². The second-order valence-electron chi connectivity index (χ2n) is 5.54. The summed E-state index contributed by atoms with van der Waals surface area (Å²) in [6.45, 7) is 6.03. The van der Waals surface area contributed by atoms with Crippen molar-refractivity contribution in [3.63, 3.8) is 0 Å². The van der Waals surface area contributed by atoms with Crippen molar-refractivity contribution in [2.45, 2.75) is 26.2 Å². The van der Waals surface area contributed by atoms with Crippen LogP contribution in [-0.2, 0) is 5.41 Å². The Bertz CT molecular complexity index is 785. The molecule has 0 aliphatic carbocycles. The molecule has 0 fully saturated rings. The van der Waals surface area contributed by atoms with Crippen LogP contribution in [0.4, 0.5) is 8.78 Å². The number of aromatic amines is 1. The summed E-state index contributed by atoms with van der Waals surface area (Å²) in [5.74, 6) is -1.39.